The van der Waals surface area contributed by atoms with Gasteiger partial charge in [-0.2, -0.15) is 19.8 Å². The van der Waals surface area contributed by atoms with Crippen molar-refractivity contribution in [2.75, 3.05) is 14.2 Å². The smallest absolute Gasteiger partial charge is 0.857 e. The molecule has 3 aliphatic rings. The minimum atomic E-state index is -0.250. The Morgan fingerprint density at radius 2 is 1.52 bits per heavy atom. The van der Waals surface area contributed by atoms with Crippen molar-refractivity contribution in [1.82, 2.24) is 0 Å². The first-order valence-corrected chi connectivity index (χ1v) is 7.03. The zero-order chi connectivity index (χ0) is 15.4. The number of hydrogen-bond donors (Lipinski definition) is 1. The van der Waals surface area contributed by atoms with Crippen LogP contribution in [0.5, 0.6) is 0 Å². The largest absolute Gasteiger partial charge is 3.00 e. The second-order valence-corrected chi connectivity index (χ2v) is 4.67. The first kappa shape index (κ1) is 22.7. The van der Waals surface area contributed by atoms with E-state index in [1.54, 1.807) is 22.3 Å². The zero-order valence-corrected chi connectivity index (χ0v) is 14.5. The number of rotatable bonds is 0. The second-order valence-electron chi connectivity index (χ2n) is 4.67. The van der Waals surface area contributed by atoms with Gasteiger partial charge in [-0.3, -0.25) is 4.79 Å². The maximum atomic E-state index is 8.36. The van der Waals surface area contributed by atoms with Crippen LogP contribution in [0, 0.1) is 6.42 Å². The van der Waals surface area contributed by atoms with E-state index in [0.29, 0.717) is 0 Å². The average Bonchev–Trinajstić information content (AvgIpc) is 2.91. The molecule has 117 valence electrons. The summed E-state index contributed by atoms with van der Waals surface area (Å²) in [4.78, 5) is 8.36. The summed E-state index contributed by atoms with van der Waals surface area (Å²) in [6.45, 7) is -0.250. The summed E-state index contributed by atoms with van der Waals surface area (Å²) in [5.74, 6) is 0. The molecule has 4 nitrogen and oxygen atoms in total. The topological polar surface area (TPSA) is 83.4 Å². The Hall–Kier alpha value is -0.546. The van der Waals surface area contributed by atoms with Crippen molar-refractivity contribution in [1.29, 1.82) is 0 Å². The summed E-state index contributed by atoms with van der Waals surface area (Å²) in [6.07, 6.45) is 13.6. The van der Waals surface area contributed by atoms with Gasteiger partial charge in [-0.15, -0.1) is 12.0 Å². The van der Waals surface area contributed by atoms with E-state index >= 15 is 0 Å². The fourth-order valence-electron chi connectivity index (χ4n) is 3.12. The van der Waals surface area contributed by atoms with Crippen molar-refractivity contribution in [3.63, 3.8) is 0 Å². The van der Waals surface area contributed by atoms with Gasteiger partial charge in [-0.05, 0) is 25.7 Å². The Balaban J connectivity index is 0. The van der Waals surface area contributed by atoms with E-state index in [4.69, 9.17) is 20.1 Å². The monoisotopic (exact) mass is 329 g/mol. The van der Waals surface area contributed by atoms with Crippen LogP contribution in [0.4, 0.5) is 0 Å². The van der Waals surface area contributed by atoms with E-state index in [0.717, 1.165) is 14.2 Å². The molecule has 1 radical (unpaired) electrons. The molecule has 0 spiro atoms. The van der Waals surface area contributed by atoms with Crippen molar-refractivity contribution >= 4 is 6.47 Å². The fraction of sp³-hybridized carbons (Fsp3) is 0.625. The van der Waals surface area contributed by atoms with Crippen LogP contribution in [-0.4, -0.2) is 25.8 Å². The summed E-state index contributed by atoms with van der Waals surface area (Å²) >= 11 is 0. The predicted molar refractivity (Wildman–Crippen MR) is 75.8 cm³/mol. The van der Waals surface area contributed by atoms with Gasteiger partial charge >= 0.3 is 21.7 Å². The number of allylic oxidation sites excluding steroid dienone is 4. The number of fused-ring (bicyclic) bond motifs is 1. The maximum Gasteiger partial charge on any atom is 3.00 e. The molecule has 1 N–H and O–H groups in total. The normalized spacial score (nSPS) is 17.9. The fourth-order valence-corrected chi connectivity index (χ4v) is 3.12. The molecule has 0 fully saturated rings. The molecule has 0 aromatic heterocycles. The Labute approximate surface area is 142 Å². The van der Waals surface area contributed by atoms with Crippen LogP contribution >= 0.6 is 0 Å². The SMILES string of the molecule is C[O-].C[O-].O=CO.[CH-]1CCCC2=C1CC1=C2CCCC1.[Ti+3]. The molecule has 0 aromatic rings. The van der Waals surface area contributed by atoms with Gasteiger partial charge < -0.3 is 15.3 Å². The summed E-state index contributed by atoms with van der Waals surface area (Å²) in [7, 11) is 1.50. The molecule has 0 bridgehead atoms. The summed E-state index contributed by atoms with van der Waals surface area (Å²) < 4.78 is 0. The van der Waals surface area contributed by atoms with Gasteiger partial charge in [-0.25, -0.2) is 12.0 Å². The molecule has 0 atom stereocenters. The number of carboxylic acid groups (broad SMARTS) is 1. The molecule has 0 aliphatic heterocycles. The third-order valence-corrected chi connectivity index (χ3v) is 3.76. The van der Waals surface area contributed by atoms with Gasteiger partial charge in [-0.1, -0.05) is 24.8 Å². The van der Waals surface area contributed by atoms with E-state index in [1.165, 1.54) is 51.4 Å². The minimum Gasteiger partial charge on any atom is -0.857 e. The van der Waals surface area contributed by atoms with Crippen LogP contribution in [0.2, 0.25) is 0 Å². The van der Waals surface area contributed by atoms with Crippen molar-refractivity contribution in [2.24, 2.45) is 0 Å². The van der Waals surface area contributed by atoms with Gasteiger partial charge in [0.1, 0.15) is 0 Å². The molecule has 0 saturated heterocycles. The van der Waals surface area contributed by atoms with E-state index in [2.05, 4.69) is 6.42 Å². The van der Waals surface area contributed by atoms with Gasteiger partial charge in [0, 0.05) is 0 Å². The second kappa shape index (κ2) is 14.4. The van der Waals surface area contributed by atoms with E-state index in [9.17, 15) is 0 Å². The van der Waals surface area contributed by atoms with Gasteiger partial charge in [0.15, 0.2) is 0 Å². The van der Waals surface area contributed by atoms with Crippen LogP contribution in [0.25, 0.3) is 0 Å². The van der Waals surface area contributed by atoms with Crippen LogP contribution in [-0.2, 0) is 26.5 Å². The third-order valence-electron chi connectivity index (χ3n) is 3.76. The van der Waals surface area contributed by atoms with Gasteiger partial charge in [0.05, 0.1) is 0 Å². The first-order chi connectivity index (χ1) is 9.86. The molecular formula is C16H25O4Ti. The molecule has 0 unspecified atom stereocenters. The van der Waals surface area contributed by atoms with Crippen molar-refractivity contribution in [3.8, 4) is 0 Å². The van der Waals surface area contributed by atoms with Crippen LogP contribution in [0.15, 0.2) is 22.3 Å². The Kier molecular flexibility index (Phi) is 15.6. The summed E-state index contributed by atoms with van der Waals surface area (Å²) in [6, 6.07) is 0. The molecule has 5 heteroatoms. The van der Waals surface area contributed by atoms with Crippen LogP contribution in [0.3, 0.4) is 0 Å². The minimum absolute atomic E-state index is 0. The Bertz CT molecular complexity index is 318. The molecule has 0 heterocycles. The molecule has 21 heavy (non-hydrogen) atoms. The Morgan fingerprint density at radius 1 is 1.00 bits per heavy atom. The zero-order valence-electron chi connectivity index (χ0n) is 13.0. The third kappa shape index (κ3) is 6.83. The van der Waals surface area contributed by atoms with Crippen LogP contribution in [0.1, 0.15) is 51.4 Å². The number of hydrogen-bond acceptors (Lipinski definition) is 3. The summed E-state index contributed by atoms with van der Waals surface area (Å²) in [5, 5.41) is 23.4. The molecule has 3 aliphatic carbocycles. The van der Waals surface area contributed by atoms with Crippen molar-refractivity contribution < 1.29 is 41.8 Å². The van der Waals surface area contributed by atoms with Crippen LogP contribution < -0.4 is 10.2 Å². The molecule has 3 rings (SSSR count). The molecule has 0 amide bonds. The Morgan fingerprint density at radius 3 is 2.14 bits per heavy atom. The van der Waals surface area contributed by atoms with E-state index in [1.807, 2.05) is 0 Å². The number of carbonyl (C=O) groups is 1. The van der Waals surface area contributed by atoms with Crippen molar-refractivity contribution in [2.45, 2.75) is 51.4 Å². The summed E-state index contributed by atoms with van der Waals surface area (Å²) in [5.41, 5.74) is 7.06. The molecule has 0 aromatic carbocycles. The quantitative estimate of drug-likeness (QED) is 0.416. The van der Waals surface area contributed by atoms with Gasteiger partial charge in [0.25, 0.3) is 6.47 Å². The standard InChI is InChI=1S/C13H17.CH2O2.2CH3O.Ti/c1-3-7-12-10(5-1)9-11-6-2-4-8-13(11)12;2-1-3;2*1-2;/h5H,1-4,6-9H2;1H,(H,2,3);2*1H3;/q-1;;2*-1;+3. The molecule has 0 saturated carbocycles. The van der Waals surface area contributed by atoms with E-state index < -0.39 is 0 Å². The predicted octanol–water partition coefficient (Wildman–Crippen LogP) is 1.60. The van der Waals surface area contributed by atoms with Crippen molar-refractivity contribution in [3.05, 3.63) is 28.7 Å². The first-order valence-electron chi connectivity index (χ1n) is 7.03. The maximum absolute atomic E-state index is 8.36. The van der Waals surface area contributed by atoms with Gasteiger partial charge in [0.2, 0.25) is 0 Å². The average molecular weight is 329 g/mol. The van der Waals surface area contributed by atoms with E-state index in [-0.39, 0.29) is 28.2 Å². The molecular weight excluding hydrogens is 304 g/mol.